The molecule has 98 valence electrons. The van der Waals surface area contributed by atoms with Gasteiger partial charge < -0.3 is 11.1 Å². The van der Waals surface area contributed by atoms with Crippen LogP contribution in [0, 0.1) is 12.7 Å². The highest BCUT2D eigenvalue weighted by Crippen LogP contribution is 2.19. The lowest BCUT2D eigenvalue weighted by Gasteiger charge is -2.10. The highest BCUT2D eigenvalue weighted by Gasteiger charge is 2.11. The molecule has 0 aromatic heterocycles. The van der Waals surface area contributed by atoms with E-state index in [1.165, 1.54) is 6.07 Å². The van der Waals surface area contributed by atoms with Crippen molar-refractivity contribution in [2.75, 3.05) is 11.1 Å². The molecule has 0 unspecified atom stereocenters. The second kappa shape index (κ2) is 5.52. The first kappa shape index (κ1) is 13.1. The smallest absolute Gasteiger partial charge is 0.228 e. The van der Waals surface area contributed by atoms with Gasteiger partial charge in [-0.2, -0.15) is 0 Å². The molecule has 0 aliphatic carbocycles. The zero-order valence-electron chi connectivity index (χ0n) is 10.6. The molecule has 2 rings (SSSR count). The molecule has 19 heavy (non-hydrogen) atoms. The van der Waals surface area contributed by atoms with Crippen LogP contribution in [-0.2, 0) is 11.2 Å². The second-order valence-electron chi connectivity index (χ2n) is 4.36. The minimum atomic E-state index is -0.436. The topological polar surface area (TPSA) is 55.1 Å². The Labute approximate surface area is 111 Å². The maximum Gasteiger partial charge on any atom is 0.228 e. The van der Waals surface area contributed by atoms with Crippen LogP contribution >= 0.6 is 0 Å². The number of hydrogen-bond donors (Lipinski definition) is 2. The quantitative estimate of drug-likeness (QED) is 0.832. The molecule has 0 spiro atoms. The van der Waals surface area contributed by atoms with E-state index < -0.39 is 5.82 Å². The van der Waals surface area contributed by atoms with Gasteiger partial charge in [-0.1, -0.05) is 30.3 Å². The van der Waals surface area contributed by atoms with Crippen LogP contribution in [0.3, 0.4) is 0 Å². The van der Waals surface area contributed by atoms with Crippen molar-refractivity contribution >= 4 is 17.3 Å². The molecular formula is C15H15FN2O. The van der Waals surface area contributed by atoms with Gasteiger partial charge in [0.05, 0.1) is 12.1 Å². The van der Waals surface area contributed by atoms with Crippen molar-refractivity contribution in [3.63, 3.8) is 0 Å². The van der Waals surface area contributed by atoms with Crippen LogP contribution in [0.15, 0.2) is 42.5 Å². The van der Waals surface area contributed by atoms with Gasteiger partial charge in [0.15, 0.2) is 0 Å². The molecule has 0 heterocycles. The van der Waals surface area contributed by atoms with Crippen molar-refractivity contribution in [3.8, 4) is 0 Å². The fourth-order valence-corrected chi connectivity index (χ4v) is 1.84. The van der Waals surface area contributed by atoms with E-state index in [9.17, 15) is 9.18 Å². The number of nitrogens with two attached hydrogens (primary N) is 1. The van der Waals surface area contributed by atoms with Gasteiger partial charge in [0.1, 0.15) is 5.82 Å². The van der Waals surface area contributed by atoms with Crippen molar-refractivity contribution < 1.29 is 9.18 Å². The molecular weight excluding hydrogens is 243 g/mol. The molecule has 0 saturated carbocycles. The normalized spacial score (nSPS) is 10.2. The lowest BCUT2D eigenvalue weighted by molar-refractivity contribution is -0.115. The Bertz CT molecular complexity index is 591. The Hall–Kier alpha value is -2.36. The Kier molecular flexibility index (Phi) is 3.80. The molecule has 0 bridgehead atoms. The third kappa shape index (κ3) is 3.10. The average Bonchev–Trinajstić information content (AvgIpc) is 2.37. The first-order valence-corrected chi connectivity index (χ1v) is 5.96. The molecule has 3 N–H and O–H groups in total. The van der Waals surface area contributed by atoms with E-state index in [0.29, 0.717) is 11.3 Å². The number of amides is 1. The number of hydrogen-bond acceptors (Lipinski definition) is 2. The lowest BCUT2D eigenvalue weighted by atomic mass is 10.1. The third-order valence-corrected chi connectivity index (χ3v) is 2.89. The maximum absolute atomic E-state index is 13.6. The van der Waals surface area contributed by atoms with Crippen molar-refractivity contribution in [1.82, 2.24) is 0 Å². The number of nitrogens with one attached hydrogen (secondary N) is 1. The van der Waals surface area contributed by atoms with Gasteiger partial charge in [-0.25, -0.2) is 4.39 Å². The Morgan fingerprint density at radius 2 is 1.95 bits per heavy atom. The van der Waals surface area contributed by atoms with Crippen molar-refractivity contribution in [3.05, 3.63) is 59.4 Å². The van der Waals surface area contributed by atoms with Crippen molar-refractivity contribution in [1.29, 1.82) is 0 Å². The summed E-state index contributed by atoms with van der Waals surface area (Å²) in [5, 5.41) is 2.58. The van der Waals surface area contributed by atoms with Crippen LogP contribution in [0.2, 0.25) is 0 Å². The minimum absolute atomic E-state index is 0.125. The molecule has 0 aliphatic rings. The molecule has 0 fully saturated rings. The summed E-state index contributed by atoms with van der Waals surface area (Å²) in [7, 11) is 0. The lowest BCUT2D eigenvalue weighted by Crippen LogP contribution is -2.17. The minimum Gasteiger partial charge on any atom is -0.398 e. The van der Waals surface area contributed by atoms with Crippen LogP contribution in [0.25, 0.3) is 0 Å². The number of halogens is 1. The SMILES string of the molecule is Cc1cccc(F)c1NC(=O)Cc1ccccc1N. The summed E-state index contributed by atoms with van der Waals surface area (Å²) < 4.78 is 13.6. The fraction of sp³-hybridized carbons (Fsp3) is 0.133. The molecule has 0 saturated heterocycles. The summed E-state index contributed by atoms with van der Waals surface area (Å²) in [6.45, 7) is 1.75. The zero-order valence-corrected chi connectivity index (χ0v) is 10.6. The van der Waals surface area contributed by atoms with Crippen LogP contribution in [0.5, 0.6) is 0 Å². The highest BCUT2D eigenvalue weighted by atomic mass is 19.1. The molecule has 0 aliphatic heterocycles. The average molecular weight is 258 g/mol. The highest BCUT2D eigenvalue weighted by molar-refractivity contribution is 5.93. The van der Waals surface area contributed by atoms with E-state index in [2.05, 4.69) is 5.32 Å². The number of rotatable bonds is 3. The maximum atomic E-state index is 13.6. The fourth-order valence-electron chi connectivity index (χ4n) is 1.84. The molecule has 0 radical (unpaired) electrons. The van der Waals surface area contributed by atoms with Crippen molar-refractivity contribution in [2.24, 2.45) is 0 Å². The first-order chi connectivity index (χ1) is 9.08. The van der Waals surface area contributed by atoms with E-state index in [1.807, 2.05) is 6.07 Å². The second-order valence-corrected chi connectivity index (χ2v) is 4.36. The summed E-state index contributed by atoms with van der Waals surface area (Å²) in [4.78, 5) is 11.9. The van der Waals surface area contributed by atoms with Gasteiger partial charge in [0, 0.05) is 5.69 Å². The molecule has 4 heteroatoms. The van der Waals surface area contributed by atoms with Gasteiger partial charge in [0.25, 0.3) is 0 Å². The monoisotopic (exact) mass is 258 g/mol. The van der Waals surface area contributed by atoms with Gasteiger partial charge >= 0.3 is 0 Å². The standard InChI is InChI=1S/C15H15FN2O/c1-10-5-4-7-12(16)15(10)18-14(19)9-11-6-2-3-8-13(11)17/h2-8H,9,17H2,1H3,(H,18,19). The predicted molar refractivity (Wildman–Crippen MR) is 74.3 cm³/mol. The van der Waals surface area contributed by atoms with E-state index in [-0.39, 0.29) is 18.0 Å². The number of nitrogen functional groups attached to an aromatic ring is 1. The van der Waals surface area contributed by atoms with Crippen LogP contribution in [-0.4, -0.2) is 5.91 Å². The number of carbonyl (C=O) groups excluding carboxylic acids is 1. The molecule has 2 aromatic rings. The van der Waals surface area contributed by atoms with E-state index in [4.69, 9.17) is 5.73 Å². The number of benzene rings is 2. The van der Waals surface area contributed by atoms with Crippen LogP contribution in [0.4, 0.5) is 15.8 Å². The Balaban J connectivity index is 2.12. The van der Waals surface area contributed by atoms with Gasteiger partial charge in [0.2, 0.25) is 5.91 Å². The number of para-hydroxylation sites is 2. The summed E-state index contributed by atoms with van der Waals surface area (Å²) in [5.41, 5.74) is 7.97. The predicted octanol–water partition coefficient (Wildman–Crippen LogP) is 2.90. The summed E-state index contributed by atoms with van der Waals surface area (Å²) >= 11 is 0. The summed E-state index contributed by atoms with van der Waals surface area (Å²) in [6.07, 6.45) is 0.125. The largest absolute Gasteiger partial charge is 0.398 e. The Morgan fingerprint density at radius 1 is 1.21 bits per heavy atom. The van der Waals surface area contributed by atoms with Crippen LogP contribution < -0.4 is 11.1 Å². The number of aryl methyl sites for hydroxylation is 1. The van der Waals surface area contributed by atoms with Crippen molar-refractivity contribution in [2.45, 2.75) is 13.3 Å². The van der Waals surface area contributed by atoms with E-state index in [1.54, 1.807) is 37.3 Å². The van der Waals surface area contributed by atoms with Gasteiger partial charge in [-0.05, 0) is 30.2 Å². The third-order valence-electron chi connectivity index (χ3n) is 2.89. The molecule has 0 atom stereocenters. The molecule has 3 nitrogen and oxygen atoms in total. The summed E-state index contributed by atoms with van der Waals surface area (Å²) in [6, 6.07) is 11.8. The van der Waals surface area contributed by atoms with E-state index >= 15 is 0 Å². The zero-order chi connectivity index (χ0) is 13.8. The molecule has 2 aromatic carbocycles. The van der Waals surface area contributed by atoms with Crippen LogP contribution in [0.1, 0.15) is 11.1 Å². The van der Waals surface area contributed by atoms with Gasteiger partial charge in [-0.15, -0.1) is 0 Å². The molecule has 1 amide bonds. The summed E-state index contributed by atoms with van der Waals surface area (Å²) in [5.74, 6) is -0.722. The first-order valence-electron chi connectivity index (χ1n) is 5.96. The Morgan fingerprint density at radius 3 is 2.63 bits per heavy atom. The number of anilines is 2. The van der Waals surface area contributed by atoms with E-state index in [0.717, 1.165) is 5.56 Å². The van der Waals surface area contributed by atoms with Gasteiger partial charge in [-0.3, -0.25) is 4.79 Å². The number of carbonyl (C=O) groups is 1.